The molecule has 0 unspecified atom stereocenters. The number of carbonyl (C=O) groups excluding carboxylic acids is 7. The van der Waals surface area contributed by atoms with E-state index in [1.165, 1.54) is 17.0 Å². The number of alkyl carbamates (subject to hydrolysis) is 1. The van der Waals surface area contributed by atoms with Crippen LogP contribution in [0, 0.1) is 16.2 Å². The molecule has 0 saturated carbocycles. The third kappa shape index (κ3) is 19.6. The number of nitrogens with zero attached hydrogens (tertiary/aromatic N) is 3. The molecule has 5 N–H and O–H groups in total. The quantitative estimate of drug-likeness (QED) is 0.0178. The highest BCUT2D eigenvalue weighted by Crippen LogP contribution is 2.33. The minimum Gasteiger partial charge on any atom is -0.493 e. The van der Waals surface area contributed by atoms with Crippen LogP contribution >= 0.6 is 0 Å². The molecule has 2 heterocycles. The Morgan fingerprint density at radius 1 is 0.716 bits per heavy atom. The van der Waals surface area contributed by atoms with Gasteiger partial charge >= 0.3 is 12.1 Å². The number of aromatic nitrogens is 1. The molecule has 1 fully saturated rings. The SMILES string of the molecule is CCC(C)(C)C(=O)C(=O)N1CCCC[C@H]1C(=O)O[C@H](CCc1ccc(OC)c(OC)c1)c1cccc(OCC(=O)N[C@H](C(=O)N[C@@H](Cc2ccccc2)[C@@H](O)CN(Cc2ccc(-c3ccccn3)cc2)NC(=O)[C@@H](NC(=O)OC)C(C)(C)C)C(C)(C)C)c1. The zero-order valence-electron chi connectivity index (χ0n) is 53.0. The summed E-state index contributed by atoms with van der Waals surface area (Å²) in [7, 11) is 4.30. The van der Waals surface area contributed by atoms with E-state index in [9.17, 15) is 38.7 Å². The van der Waals surface area contributed by atoms with Crippen LogP contribution in [-0.4, -0.2) is 133 Å². The number of methoxy groups -OCH3 is 3. The van der Waals surface area contributed by atoms with E-state index in [0.717, 1.165) is 27.9 Å². The van der Waals surface area contributed by atoms with Crippen LogP contribution in [0.3, 0.4) is 0 Å². The highest BCUT2D eigenvalue weighted by Gasteiger charge is 2.42. The first kappa shape index (κ1) is 68.7. The van der Waals surface area contributed by atoms with E-state index in [0.29, 0.717) is 49.2 Å². The number of piperidine rings is 1. The van der Waals surface area contributed by atoms with Crippen molar-refractivity contribution in [1.82, 2.24) is 36.3 Å². The molecule has 0 spiro atoms. The van der Waals surface area contributed by atoms with Gasteiger partial charge in [-0.25, -0.2) is 14.6 Å². The molecule has 20 nitrogen and oxygen atoms in total. The lowest BCUT2D eigenvalue weighted by atomic mass is 9.84. The number of hydrogen-bond acceptors (Lipinski definition) is 15. The van der Waals surface area contributed by atoms with Crippen molar-refractivity contribution in [3.8, 4) is 28.5 Å². The summed E-state index contributed by atoms with van der Waals surface area (Å²) in [6.07, 6.45) is 1.64. The Morgan fingerprint density at radius 2 is 1.39 bits per heavy atom. The van der Waals surface area contributed by atoms with Crippen LogP contribution in [0.5, 0.6) is 17.2 Å². The van der Waals surface area contributed by atoms with Crippen molar-refractivity contribution >= 4 is 41.5 Å². The van der Waals surface area contributed by atoms with Gasteiger partial charge in [0.2, 0.25) is 11.7 Å². The van der Waals surface area contributed by atoms with Crippen molar-refractivity contribution in [3.05, 3.63) is 144 Å². The van der Waals surface area contributed by atoms with Crippen LogP contribution in [0.25, 0.3) is 11.3 Å². The van der Waals surface area contributed by atoms with E-state index in [2.05, 4.69) is 26.4 Å². The van der Waals surface area contributed by atoms with E-state index in [4.69, 9.17) is 23.7 Å². The Kier molecular flexibility index (Phi) is 24.6. The van der Waals surface area contributed by atoms with Crippen LogP contribution in [0.1, 0.15) is 123 Å². The normalized spacial score (nSPS) is 15.3. The second kappa shape index (κ2) is 31.5. The number of aliphatic hydroxyl groups excluding tert-OH is 1. The number of likely N-dealkylation sites (tertiary alicyclic amines) is 1. The predicted octanol–water partition coefficient (Wildman–Crippen LogP) is 8.67. The van der Waals surface area contributed by atoms with Gasteiger partial charge in [-0.15, -0.1) is 0 Å². The summed E-state index contributed by atoms with van der Waals surface area (Å²) in [5.74, 6) is -2.36. The fourth-order valence-corrected chi connectivity index (χ4v) is 10.2. The summed E-state index contributed by atoms with van der Waals surface area (Å²) in [4.78, 5) is 103. The van der Waals surface area contributed by atoms with E-state index in [1.807, 2.05) is 91.9 Å². The van der Waals surface area contributed by atoms with Crippen LogP contribution in [0.2, 0.25) is 0 Å². The first-order chi connectivity index (χ1) is 41.7. The largest absolute Gasteiger partial charge is 0.493 e. The van der Waals surface area contributed by atoms with Gasteiger partial charge in [0, 0.05) is 36.8 Å². The summed E-state index contributed by atoms with van der Waals surface area (Å²) < 4.78 is 28.3. The summed E-state index contributed by atoms with van der Waals surface area (Å²) in [5, 5.41) is 22.4. The monoisotopic (exact) mass is 1210 g/mol. The molecular weight excluding hydrogens is 1120 g/mol. The van der Waals surface area contributed by atoms with E-state index < -0.39 is 101 Å². The van der Waals surface area contributed by atoms with Gasteiger partial charge in [0.05, 0.1) is 39.2 Å². The molecule has 5 amide bonds. The Morgan fingerprint density at radius 3 is 2.02 bits per heavy atom. The minimum absolute atomic E-state index is 0.101. The smallest absolute Gasteiger partial charge is 0.407 e. The highest BCUT2D eigenvalue weighted by atomic mass is 16.5. The van der Waals surface area contributed by atoms with Crippen LogP contribution < -0.4 is 35.6 Å². The molecule has 6 atom stereocenters. The van der Waals surface area contributed by atoms with Crippen LogP contribution in [0.4, 0.5) is 4.79 Å². The fraction of sp³-hybridized carbons (Fsp3) is 0.471. The molecular formula is C68H89N7O13. The summed E-state index contributed by atoms with van der Waals surface area (Å²) in [6.45, 7) is 15.7. The first-order valence-corrected chi connectivity index (χ1v) is 30.0. The predicted molar refractivity (Wildman–Crippen MR) is 334 cm³/mol. The molecule has 88 heavy (non-hydrogen) atoms. The number of nitrogens with one attached hydrogen (secondary N) is 4. The average molecular weight is 1210 g/mol. The van der Waals surface area contributed by atoms with Crippen molar-refractivity contribution in [1.29, 1.82) is 0 Å². The molecule has 0 radical (unpaired) electrons. The Balaban J connectivity index is 1.21. The molecule has 474 valence electrons. The van der Waals surface area contributed by atoms with Gasteiger partial charge in [0.25, 0.3) is 17.7 Å². The number of pyridine rings is 1. The standard InChI is InChI=1S/C68H89N7O13/c1-13-68(8,9)60(78)63(81)75-37-20-18-27-52(75)64(82)88-54(34-30-45-31-35-55(84-10)56(39-45)85-11)48-24-21-25-49(40-48)87-43-57(77)71-58(66(2,3)4)61(79)70-51(38-44-22-15-14-16-23-44)53(76)42-74(73-62(80)59(67(5,6)7)72-65(83)86-12)41-46-28-32-47(33-29-46)50-26-17-19-36-69-50/h14-17,19,21-26,28-29,31-33,35-36,39-40,51-54,58-59,76H,13,18,20,27,30,34,37-38,41-43H2,1-12H3,(H,70,79)(H,71,77)(H,72,83)(H,73,80)/t51-,52-,53-,54+,58+,59+/m0/s1. The zero-order chi connectivity index (χ0) is 64.3. The van der Waals surface area contributed by atoms with Gasteiger partial charge < -0.3 is 49.6 Å². The number of aryl methyl sites for hydroxylation is 1. The molecule has 6 rings (SSSR count). The van der Waals surface area contributed by atoms with Crippen molar-refractivity contribution in [2.75, 3.05) is 41.0 Å². The van der Waals surface area contributed by atoms with Crippen molar-refractivity contribution < 1.29 is 62.4 Å². The zero-order valence-corrected chi connectivity index (χ0v) is 53.0. The van der Waals surface area contributed by atoms with Gasteiger partial charge in [0.15, 0.2) is 18.1 Å². The molecule has 4 aromatic carbocycles. The maximum absolute atomic E-state index is 14.7. The van der Waals surface area contributed by atoms with E-state index in [-0.39, 0.29) is 38.2 Å². The second-order valence-electron chi connectivity index (χ2n) is 25.0. The summed E-state index contributed by atoms with van der Waals surface area (Å²) >= 11 is 0. The van der Waals surface area contributed by atoms with Crippen molar-refractivity contribution in [3.63, 3.8) is 0 Å². The fourth-order valence-electron chi connectivity index (χ4n) is 10.2. The number of hydrazine groups is 1. The molecule has 20 heteroatoms. The second-order valence-corrected chi connectivity index (χ2v) is 25.0. The van der Waals surface area contributed by atoms with Crippen molar-refractivity contribution in [2.45, 2.75) is 150 Å². The van der Waals surface area contributed by atoms with Crippen LogP contribution in [-0.2, 0) is 57.6 Å². The Bertz CT molecular complexity index is 3150. The Hall–Kier alpha value is -8.36. The lowest BCUT2D eigenvalue weighted by Gasteiger charge is -2.36. The molecule has 5 aromatic rings. The first-order valence-electron chi connectivity index (χ1n) is 30.0. The Labute approximate surface area is 517 Å². The highest BCUT2D eigenvalue weighted by molar-refractivity contribution is 6.38. The summed E-state index contributed by atoms with van der Waals surface area (Å²) in [6, 6.07) is 30.6. The van der Waals surface area contributed by atoms with E-state index >= 15 is 0 Å². The molecule has 0 aliphatic carbocycles. The maximum Gasteiger partial charge on any atom is 0.407 e. The number of hydrogen-bond donors (Lipinski definition) is 5. The van der Waals surface area contributed by atoms with Gasteiger partial charge in [-0.2, -0.15) is 0 Å². The molecule has 0 bridgehead atoms. The summed E-state index contributed by atoms with van der Waals surface area (Å²) in [5.41, 5.74) is 4.99. The number of amides is 5. The number of ketones is 1. The third-order valence-corrected chi connectivity index (χ3v) is 15.8. The lowest BCUT2D eigenvalue weighted by molar-refractivity contribution is -0.164. The number of aliphatic hydroxyl groups is 1. The minimum atomic E-state index is -1.33. The van der Waals surface area contributed by atoms with E-state index in [1.54, 1.807) is 106 Å². The number of rotatable bonds is 28. The molecule has 1 aliphatic heterocycles. The molecule has 1 saturated heterocycles. The number of esters is 1. The number of Topliss-reactive ketones (excluding diaryl/α,β-unsaturated/α-hetero) is 1. The average Bonchev–Trinajstić information content (AvgIpc) is 3.67. The van der Waals surface area contributed by atoms with Crippen LogP contribution in [0.15, 0.2) is 121 Å². The number of benzene rings is 4. The number of ether oxygens (including phenoxy) is 5. The lowest BCUT2D eigenvalue weighted by Crippen LogP contribution is -2.61. The third-order valence-electron chi connectivity index (χ3n) is 15.8. The van der Waals surface area contributed by atoms with Gasteiger partial charge in [0.1, 0.15) is 30.0 Å². The van der Waals surface area contributed by atoms with Crippen molar-refractivity contribution in [2.24, 2.45) is 16.2 Å². The molecule has 1 aromatic heterocycles. The topological polar surface area (TPSA) is 253 Å². The van der Waals surface area contributed by atoms with Gasteiger partial charge in [-0.3, -0.25) is 34.4 Å². The van der Waals surface area contributed by atoms with Gasteiger partial charge in [-0.05, 0) is 114 Å². The maximum atomic E-state index is 14.7. The molecule has 1 aliphatic rings. The number of carbonyl (C=O) groups is 7. The van der Waals surface area contributed by atoms with Gasteiger partial charge in [-0.1, -0.05) is 141 Å².